The van der Waals surface area contributed by atoms with E-state index in [1.54, 1.807) is 40.9 Å². The van der Waals surface area contributed by atoms with Crippen molar-refractivity contribution < 1.29 is 18.3 Å². The van der Waals surface area contributed by atoms with Gasteiger partial charge in [-0.25, -0.2) is 9.97 Å². The predicted octanol–water partition coefficient (Wildman–Crippen LogP) is 4.97. The molecule has 0 bridgehead atoms. The summed E-state index contributed by atoms with van der Waals surface area (Å²) in [6.07, 6.45) is 5.31. The van der Waals surface area contributed by atoms with Crippen LogP contribution in [0, 0.1) is 0 Å². The highest BCUT2D eigenvalue weighted by molar-refractivity contribution is 7.99. The first kappa shape index (κ1) is 19.8. The fourth-order valence-electron chi connectivity index (χ4n) is 2.98. The number of amides is 1. The molecule has 0 fully saturated rings. The molecule has 1 amide bonds. The molecule has 1 N–H and O–H groups in total. The lowest BCUT2D eigenvalue weighted by molar-refractivity contribution is 0.102. The summed E-state index contributed by atoms with van der Waals surface area (Å²) in [7, 11) is 1.49. The third-order valence-corrected chi connectivity index (χ3v) is 5.11. The number of anilines is 1. The van der Waals surface area contributed by atoms with E-state index in [0.717, 1.165) is 5.56 Å². The summed E-state index contributed by atoms with van der Waals surface area (Å²) < 4.78 is 32.8. The van der Waals surface area contributed by atoms with Crippen molar-refractivity contribution in [1.29, 1.82) is 0 Å². The number of alkyl halides is 2. The molecule has 0 aliphatic rings. The Morgan fingerprint density at radius 3 is 2.80 bits per heavy atom. The molecule has 0 spiro atoms. The van der Waals surface area contributed by atoms with Crippen LogP contribution >= 0.6 is 11.8 Å². The molecule has 0 unspecified atom stereocenters. The van der Waals surface area contributed by atoms with Gasteiger partial charge < -0.3 is 10.1 Å². The minimum Gasteiger partial charge on any atom is -0.495 e. The van der Waals surface area contributed by atoms with Crippen LogP contribution < -0.4 is 10.1 Å². The zero-order valence-corrected chi connectivity index (χ0v) is 16.6. The van der Waals surface area contributed by atoms with E-state index in [4.69, 9.17) is 4.74 Å². The van der Waals surface area contributed by atoms with Crippen molar-refractivity contribution in [3.8, 4) is 17.0 Å². The van der Waals surface area contributed by atoms with Gasteiger partial charge in [-0.2, -0.15) is 8.78 Å². The van der Waals surface area contributed by atoms with Crippen LogP contribution in [-0.2, 0) is 0 Å². The van der Waals surface area contributed by atoms with E-state index in [9.17, 15) is 13.6 Å². The Bertz CT molecular complexity index is 1180. The van der Waals surface area contributed by atoms with Gasteiger partial charge in [0.2, 0.25) is 5.78 Å². The molecule has 0 radical (unpaired) electrons. The first-order valence-corrected chi connectivity index (χ1v) is 9.76. The molecule has 0 saturated heterocycles. The highest BCUT2D eigenvalue weighted by atomic mass is 32.2. The van der Waals surface area contributed by atoms with Crippen molar-refractivity contribution in [2.75, 3.05) is 12.4 Å². The number of fused-ring (bicyclic) bond motifs is 1. The quantitative estimate of drug-likeness (QED) is 0.441. The maximum Gasteiger partial charge on any atom is 0.288 e. The average Bonchev–Trinajstić information content (AvgIpc) is 3.18. The number of halogens is 2. The second kappa shape index (κ2) is 8.50. The second-order valence-electron chi connectivity index (χ2n) is 6.20. The average molecular weight is 426 g/mol. The van der Waals surface area contributed by atoms with E-state index in [1.165, 1.54) is 19.2 Å². The largest absolute Gasteiger partial charge is 0.495 e. The fourth-order valence-corrected chi connectivity index (χ4v) is 3.61. The van der Waals surface area contributed by atoms with Crippen molar-refractivity contribution >= 4 is 29.1 Å². The van der Waals surface area contributed by atoms with E-state index in [1.807, 2.05) is 18.5 Å². The number of carbonyl (C=O) groups is 1. The zero-order chi connectivity index (χ0) is 21.1. The minimum atomic E-state index is -2.62. The first-order valence-electron chi connectivity index (χ1n) is 8.88. The number of methoxy groups -OCH3 is 1. The number of ether oxygens (including phenoxy) is 1. The number of hydrogen-bond acceptors (Lipinski definition) is 5. The number of imidazole rings is 1. The Balaban J connectivity index is 1.67. The normalized spacial score (nSPS) is 11.1. The molecule has 4 aromatic rings. The van der Waals surface area contributed by atoms with Crippen molar-refractivity contribution in [3.05, 3.63) is 72.7 Å². The van der Waals surface area contributed by atoms with Crippen molar-refractivity contribution in [1.82, 2.24) is 14.4 Å². The molecule has 0 saturated carbocycles. The van der Waals surface area contributed by atoms with Gasteiger partial charge in [0.05, 0.1) is 24.1 Å². The van der Waals surface area contributed by atoms with Crippen molar-refractivity contribution in [2.45, 2.75) is 10.7 Å². The van der Waals surface area contributed by atoms with Gasteiger partial charge in [0.1, 0.15) is 5.75 Å². The lowest BCUT2D eigenvalue weighted by atomic mass is 10.1. The summed E-state index contributed by atoms with van der Waals surface area (Å²) in [5.74, 6) is -2.15. The third-order valence-electron chi connectivity index (χ3n) is 4.33. The Morgan fingerprint density at radius 1 is 1.20 bits per heavy atom. The standard InChI is InChI=1S/C21H16F2N4O2S/c1-29-17-8-7-13(16-12-27-10-4-9-24-21(27)26-16)11-15(17)25-19(28)14-5-2-3-6-18(14)30-20(22)23/h2-12,20H,1H3,(H,25,28). The van der Waals surface area contributed by atoms with Gasteiger partial charge in [0.25, 0.3) is 11.7 Å². The summed E-state index contributed by atoms with van der Waals surface area (Å²) >= 11 is 0.331. The molecule has 4 rings (SSSR count). The number of nitrogens with zero attached hydrogens (tertiary/aromatic N) is 3. The Kier molecular flexibility index (Phi) is 5.62. The Morgan fingerprint density at radius 2 is 2.03 bits per heavy atom. The lowest BCUT2D eigenvalue weighted by Crippen LogP contribution is -2.14. The van der Waals surface area contributed by atoms with E-state index in [0.29, 0.717) is 34.7 Å². The van der Waals surface area contributed by atoms with Crippen molar-refractivity contribution in [2.24, 2.45) is 0 Å². The topological polar surface area (TPSA) is 68.5 Å². The maximum atomic E-state index is 12.8. The van der Waals surface area contributed by atoms with E-state index >= 15 is 0 Å². The summed E-state index contributed by atoms with van der Waals surface area (Å²) in [5.41, 5.74) is 1.97. The number of carbonyl (C=O) groups excluding carboxylic acids is 1. The van der Waals surface area contributed by atoms with Gasteiger partial charge in [0, 0.05) is 29.0 Å². The molecule has 0 atom stereocenters. The third kappa shape index (κ3) is 4.11. The van der Waals surface area contributed by atoms with Crippen LogP contribution in [0.5, 0.6) is 5.75 Å². The van der Waals surface area contributed by atoms with E-state index in [-0.39, 0.29) is 10.5 Å². The minimum absolute atomic E-state index is 0.159. The smallest absolute Gasteiger partial charge is 0.288 e. The van der Waals surface area contributed by atoms with E-state index < -0.39 is 11.7 Å². The van der Waals surface area contributed by atoms with Gasteiger partial charge in [-0.1, -0.05) is 23.9 Å². The molecular formula is C21H16F2N4O2S. The van der Waals surface area contributed by atoms with Gasteiger partial charge in [0.15, 0.2) is 0 Å². The molecule has 152 valence electrons. The number of hydrogen-bond donors (Lipinski definition) is 1. The molecule has 9 heteroatoms. The summed E-state index contributed by atoms with van der Waals surface area (Å²) in [4.78, 5) is 21.7. The van der Waals surface area contributed by atoms with Crippen LogP contribution in [0.2, 0.25) is 0 Å². The van der Waals surface area contributed by atoms with Crippen LogP contribution in [0.1, 0.15) is 10.4 Å². The molecule has 0 aliphatic heterocycles. The fraction of sp³-hybridized carbons (Fsp3) is 0.0952. The second-order valence-corrected chi connectivity index (χ2v) is 7.23. The van der Waals surface area contributed by atoms with Gasteiger partial charge in [-0.05, 0) is 36.4 Å². The van der Waals surface area contributed by atoms with Crippen molar-refractivity contribution in [3.63, 3.8) is 0 Å². The number of aromatic nitrogens is 3. The zero-order valence-electron chi connectivity index (χ0n) is 15.8. The Hall–Kier alpha value is -3.46. The van der Waals surface area contributed by atoms with Crippen LogP contribution in [0.4, 0.5) is 14.5 Å². The van der Waals surface area contributed by atoms with E-state index in [2.05, 4.69) is 15.3 Å². The van der Waals surface area contributed by atoms with Gasteiger partial charge in [-0.3, -0.25) is 9.20 Å². The summed E-state index contributed by atoms with van der Waals surface area (Å²) in [6.45, 7) is 0. The van der Waals surface area contributed by atoms with Crippen LogP contribution in [0.15, 0.2) is 72.0 Å². The predicted molar refractivity (Wildman–Crippen MR) is 111 cm³/mol. The molecule has 30 heavy (non-hydrogen) atoms. The van der Waals surface area contributed by atoms with Gasteiger partial charge in [-0.15, -0.1) is 0 Å². The molecule has 2 aromatic heterocycles. The summed E-state index contributed by atoms with van der Waals surface area (Å²) in [5, 5.41) is 2.76. The first-order chi connectivity index (χ1) is 14.5. The SMILES string of the molecule is COc1ccc(-c2cn3cccnc3n2)cc1NC(=O)c1ccccc1SC(F)F. The number of nitrogens with one attached hydrogen (secondary N) is 1. The highest BCUT2D eigenvalue weighted by Gasteiger charge is 2.17. The monoisotopic (exact) mass is 426 g/mol. The van der Waals surface area contributed by atoms with Crippen LogP contribution in [0.25, 0.3) is 17.0 Å². The molecule has 6 nitrogen and oxygen atoms in total. The maximum absolute atomic E-state index is 12.8. The molecule has 0 aliphatic carbocycles. The highest BCUT2D eigenvalue weighted by Crippen LogP contribution is 2.32. The summed E-state index contributed by atoms with van der Waals surface area (Å²) in [6, 6.07) is 13.3. The number of benzene rings is 2. The van der Waals surface area contributed by atoms with Crippen LogP contribution in [0.3, 0.4) is 0 Å². The van der Waals surface area contributed by atoms with Gasteiger partial charge >= 0.3 is 0 Å². The number of thioether (sulfide) groups is 1. The lowest BCUT2D eigenvalue weighted by Gasteiger charge is -2.13. The molecule has 2 heterocycles. The molecular weight excluding hydrogens is 410 g/mol. The molecule has 2 aromatic carbocycles. The Labute approximate surface area is 174 Å². The van der Waals surface area contributed by atoms with Crippen LogP contribution in [-0.4, -0.2) is 33.1 Å². The number of rotatable bonds is 6.